The molecule has 1 aromatic heterocycles. The summed E-state index contributed by atoms with van der Waals surface area (Å²) >= 11 is 0. The van der Waals surface area contributed by atoms with Gasteiger partial charge in [-0.15, -0.1) is 0 Å². The molecule has 1 atom stereocenters. The Balaban J connectivity index is 1.87. The number of nitrogens with zero attached hydrogens (tertiary/aromatic N) is 3. The minimum absolute atomic E-state index is 0.0360. The predicted molar refractivity (Wildman–Crippen MR) is 103 cm³/mol. The molecule has 0 radical (unpaired) electrons. The average Bonchev–Trinajstić information content (AvgIpc) is 3.14. The van der Waals surface area contributed by atoms with E-state index >= 15 is 0 Å². The Bertz CT molecular complexity index is 1100. The fourth-order valence-corrected chi connectivity index (χ4v) is 4.92. The predicted octanol–water partition coefficient (Wildman–Crippen LogP) is 2.54. The standard InChI is InChI=1S/C19H19FN4O3S/c1-12-18(13(2)24(23-12)17-7-8-28(26,27)11-17)9-14(10-21)19(25)22-16-5-3-15(20)4-6-16/h3-6,9,17H,7-8,11H2,1-2H3,(H,22,25)/b14-9+/t17-/m0/s1. The third-order valence-electron chi connectivity index (χ3n) is 4.69. The number of benzene rings is 1. The lowest BCUT2D eigenvalue weighted by atomic mass is 10.1. The third kappa shape index (κ3) is 4.12. The van der Waals surface area contributed by atoms with E-state index in [4.69, 9.17) is 0 Å². The van der Waals surface area contributed by atoms with E-state index in [0.29, 0.717) is 29.1 Å². The number of carbonyl (C=O) groups excluding carboxylic acids is 1. The highest BCUT2D eigenvalue weighted by Crippen LogP contribution is 2.27. The molecule has 1 aromatic carbocycles. The molecule has 0 aliphatic carbocycles. The molecule has 0 unspecified atom stereocenters. The number of halogens is 1. The number of nitriles is 1. The Morgan fingerprint density at radius 3 is 2.61 bits per heavy atom. The number of anilines is 1. The van der Waals surface area contributed by atoms with Crippen LogP contribution in [0.15, 0.2) is 29.8 Å². The van der Waals surface area contributed by atoms with Gasteiger partial charge < -0.3 is 5.32 Å². The molecule has 1 amide bonds. The number of nitrogens with one attached hydrogen (secondary N) is 1. The summed E-state index contributed by atoms with van der Waals surface area (Å²) in [6, 6.07) is 6.84. The van der Waals surface area contributed by atoms with Gasteiger partial charge in [-0.1, -0.05) is 0 Å². The normalized spacial score (nSPS) is 18.6. The van der Waals surface area contributed by atoms with Gasteiger partial charge in [-0.25, -0.2) is 12.8 Å². The highest BCUT2D eigenvalue weighted by atomic mass is 32.2. The Morgan fingerprint density at radius 1 is 1.36 bits per heavy atom. The number of hydrogen-bond acceptors (Lipinski definition) is 5. The molecule has 28 heavy (non-hydrogen) atoms. The molecule has 146 valence electrons. The van der Waals surface area contributed by atoms with Crippen molar-refractivity contribution in [3.8, 4) is 6.07 Å². The van der Waals surface area contributed by atoms with Gasteiger partial charge in [0.1, 0.15) is 17.5 Å². The van der Waals surface area contributed by atoms with Gasteiger partial charge in [-0.3, -0.25) is 9.48 Å². The van der Waals surface area contributed by atoms with Crippen molar-refractivity contribution in [1.29, 1.82) is 5.26 Å². The number of hydrogen-bond donors (Lipinski definition) is 1. The first-order chi connectivity index (χ1) is 13.2. The van der Waals surface area contributed by atoms with Crippen molar-refractivity contribution in [2.45, 2.75) is 26.3 Å². The van der Waals surface area contributed by atoms with Gasteiger partial charge in [-0.2, -0.15) is 10.4 Å². The SMILES string of the molecule is Cc1nn([C@H]2CCS(=O)(=O)C2)c(C)c1/C=C(\C#N)C(=O)Nc1ccc(F)cc1. The second-order valence-electron chi connectivity index (χ2n) is 6.72. The smallest absolute Gasteiger partial charge is 0.266 e. The molecule has 2 aromatic rings. The monoisotopic (exact) mass is 402 g/mol. The lowest BCUT2D eigenvalue weighted by Gasteiger charge is -2.11. The summed E-state index contributed by atoms with van der Waals surface area (Å²) in [5.41, 5.74) is 2.14. The van der Waals surface area contributed by atoms with Gasteiger partial charge in [0.05, 0.1) is 23.2 Å². The maximum atomic E-state index is 13.0. The molecule has 1 N–H and O–H groups in total. The highest BCUT2D eigenvalue weighted by molar-refractivity contribution is 7.91. The lowest BCUT2D eigenvalue weighted by molar-refractivity contribution is -0.112. The van der Waals surface area contributed by atoms with E-state index in [9.17, 15) is 22.9 Å². The summed E-state index contributed by atoms with van der Waals surface area (Å²) in [6.07, 6.45) is 1.93. The first-order valence-corrected chi connectivity index (χ1v) is 10.5. The molecular weight excluding hydrogens is 383 g/mol. The largest absolute Gasteiger partial charge is 0.321 e. The van der Waals surface area contributed by atoms with Crippen LogP contribution in [-0.2, 0) is 14.6 Å². The van der Waals surface area contributed by atoms with Gasteiger partial charge >= 0.3 is 0 Å². The van der Waals surface area contributed by atoms with Crippen molar-refractivity contribution in [3.05, 3.63) is 52.6 Å². The fraction of sp³-hybridized carbons (Fsp3) is 0.316. The van der Waals surface area contributed by atoms with E-state index in [0.717, 1.165) is 0 Å². The molecule has 1 fully saturated rings. The molecule has 9 heteroatoms. The van der Waals surface area contributed by atoms with E-state index in [-0.39, 0.29) is 23.1 Å². The van der Waals surface area contributed by atoms with Crippen LogP contribution in [0, 0.1) is 31.0 Å². The van der Waals surface area contributed by atoms with Gasteiger partial charge in [0.15, 0.2) is 9.84 Å². The number of sulfone groups is 1. The lowest BCUT2D eigenvalue weighted by Crippen LogP contribution is -2.14. The Kier molecular flexibility index (Phi) is 5.34. The summed E-state index contributed by atoms with van der Waals surface area (Å²) in [5.74, 6) is -0.885. The molecule has 2 heterocycles. The van der Waals surface area contributed by atoms with Crippen LogP contribution in [0.1, 0.15) is 29.4 Å². The van der Waals surface area contributed by atoms with Crippen molar-refractivity contribution in [1.82, 2.24) is 9.78 Å². The number of carbonyl (C=O) groups is 1. The first-order valence-electron chi connectivity index (χ1n) is 8.65. The van der Waals surface area contributed by atoms with Crippen LogP contribution in [0.25, 0.3) is 6.08 Å². The minimum Gasteiger partial charge on any atom is -0.321 e. The van der Waals surface area contributed by atoms with Gasteiger partial charge in [-0.05, 0) is 50.6 Å². The van der Waals surface area contributed by atoms with Gasteiger partial charge in [0.25, 0.3) is 5.91 Å². The molecular formula is C19H19FN4O3S. The fourth-order valence-electron chi connectivity index (χ4n) is 3.23. The van der Waals surface area contributed by atoms with E-state index in [1.54, 1.807) is 18.5 Å². The second kappa shape index (κ2) is 7.56. The summed E-state index contributed by atoms with van der Waals surface area (Å²) < 4.78 is 38.2. The van der Waals surface area contributed by atoms with Crippen LogP contribution in [0.3, 0.4) is 0 Å². The Morgan fingerprint density at radius 2 is 2.04 bits per heavy atom. The Labute approximate surface area is 162 Å². The van der Waals surface area contributed by atoms with E-state index in [1.165, 1.54) is 30.3 Å². The summed E-state index contributed by atoms with van der Waals surface area (Å²) in [6.45, 7) is 3.52. The molecule has 7 nitrogen and oxygen atoms in total. The van der Waals surface area contributed by atoms with Crippen molar-refractivity contribution in [3.63, 3.8) is 0 Å². The van der Waals surface area contributed by atoms with Crippen LogP contribution >= 0.6 is 0 Å². The summed E-state index contributed by atoms with van der Waals surface area (Å²) in [5, 5.41) is 16.4. The highest BCUT2D eigenvalue weighted by Gasteiger charge is 2.31. The molecule has 1 aliphatic heterocycles. The van der Waals surface area contributed by atoms with E-state index < -0.39 is 21.6 Å². The molecule has 0 bridgehead atoms. The maximum Gasteiger partial charge on any atom is 0.266 e. The maximum absolute atomic E-state index is 13.0. The zero-order chi connectivity index (χ0) is 20.5. The van der Waals surface area contributed by atoms with Crippen LogP contribution in [0.4, 0.5) is 10.1 Å². The van der Waals surface area contributed by atoms with E-state index in [1.807, 2.05) is 6.07 Å². The topological polar surface area (TPSA) is 105 Å². The van der Waals surface area contributed by atoms with Crippen LogP contribution in [0.5, 0.6) is 0 Å². The number of aryl methyl sites for hydroxylation is 1. The summed E-state index contributed by atoms with van der Waals surface area (Å²) in [7, 11) is -3.06. The van der Waals surface area contributed by atoms with Crippen LogP contribution in [-0.4, -0.2) is 35.6 Å². The minimum atomic E-state index is -3.06. The zero-order valence-corrected chi connectivity index (χ0v) is 16.3. The van der Waals surface area contributed by atoms with Gasteiger partial charge in [0, 0.05) is 16.9 Å². The Hall–Kier alpha value is -2.99. The second-order valence-corrected chi connectivity index (χ2v) is 8.95. The molecule has 3 rings (SSSR count). The average molecular weight is 402 g/mol. The van der Waals surface area contributed by atoms with Crippen molar-refractivity contribution in [2.75, 3.05) is 16.8 Å². The van der Waals surface area contributed by atoms with Gasteiger partial charge in [0.2, 0.25) is 0 Å². The third-order valence-corrected chi connectivity index (χ3v) is 6.44. The van der Waals surface area contributed by atoms with Crippen molar-refractivity contribution in [2.24, 2.45) is 0 Å². The molecule has 0 saturated carbocycles. The van der Waals surface area contributed by atoms with Crippen LogP contribution < -0.4 is 5.32 Å². The molecule has 0 spiro atoms. The number of rotatable bonds is 4. The first kappa shape index (κ1) is 19.8. The number of aromatic nitrogens is 2. The molecule has 1 saturated heterocycles. The zero-order valence-electron chi connectivity index (χ0n) is 15.4. The van der Waals surface area contributed by atoms with Crippen LogP contribution in [0.2, 0.25) is 0 Å². The number of amides is 1. The van der Waals surface area contributed by atoms with E-state index in [2.05, 4.69) is 10.4 Å². The van der Waals surface area contributed by atoms with Crippen molar-refractivity contribution >= 4 is 27.5 Å². The quantitative estimate of drug-likeness (QED) is 0.625. The summed E-state index contributed by atoms with van der Waals surface area (Å²) in [4.78, 5) is 12.4. The molecule has 1 aliphatic rings. The van der Waals surface area contributed by atoms with Crippen molar-refractivity contribution < 1.29 is 17.6 Å².